The van der Waals surface area contributed by atoms with Gasteiger partial charge >= 0.3 is 6.18 Å². The van der Waals surface area contributed by atoms with E-state index in [2.05, 4.69) is 10.3 Å². The number of amides is 1. The molecule has 0 saturated carbocycles. The number of carbonyl (C=O) groups is 1. The van der Waals surface area contributed by atoms with Crippen molar-refractivity contribution >= 4 is 40.4 Å². The molecule has 0 radical (unpaired) electrons. The van der Waals surface area contributed by atoms with Gasteiger partial charge in [0.15, 0.2) is 4.77 Å². The number of hydrogen-bond acceptors (Lipinski definition) is 4. The van der Waals surface area contributed by atoms with Crippen LogP contribution in [0, 0.1) is 4.77 Å². The number of aromatic nitrogens is 2. The lowest BCUT2D eigenvalue weighted by Gasteiger charge is -2.20. The Balaban J connectivity index is 2.03. The van der Waals surface area contributed by atoms with Crippen LogP contribution in [-0.2, 0) is 12.7 Å². The highest BCUT2D eigenvalue weighted by Gasteiger charge is 2.31. The highest BCUT2D eigenvalue weighted by Crippen LogP contribution is 2.35. The molecule has 30 heavy (non-hydrogen) atoms. The molecule has 158 valence electrons. The van der Waals surface area contributed by atoms with Crippen LogP contribution in [0.2, 0.25) is 0 Å². The van der Waals surface area contributed by atoms with Crippen LogP contribution in [-0.4, -0.2) is 29.6 Å². The van der Waals surface area contributed by atoms with Crippen molar-refractivity contribution in [2.24, 2.45) is 0 Å². The van der Waals surface area contributed by atoms with Gasteiger partial charge in [0.1, 0.15) is 0 Å². The molecule has 0 unspecified atom stereocenters. The van der Waals surface area contributed by atoms with Gasteiger partial charge in [0.05, 0.1) is 27.8 Å². The van der Waals surface area contributed by atoms with E-state index in [4.69, 9.17) is 12.2 Å². The van der Waals surface area contributed by atoms with Gasteiger partial charge in [-0.2, -0.15) is 13.2 Å². The summed E-state index contributed by atoms with van der Waals surface area (Å²) in [7, 11) is 3.32. The predicted octanol–water partition coefficient (Wildman–Crippen LogP) is 4.42. The van der Waals surface area contributed by atoms with Crippen molar-refractivity contribution in [3.8, 4) is 0 Å². The van der Waals surface area contributed by atoms with Crippen LogP contribution < -0.4 is 15.8 Å². The molecule has 0 aliphatic rings. The standard InChI is InChI=1S/C20H19F3N4O2S/c1-4-27-18(29)13-7-5-11(9-14(13)25-19(27)30)17(28)24-15-10-12(20(21,22)23)6-8-16(15)26(2)3/h5-10H,4H2,1-3H3,(H,24,28)(H,25,30). The molecule has 2 N–H and O–H groups in total. The van der Waals surface area contributed by atoms with Crippen molar-refractivity contribution in [1.82, 2.24) is 9.55 Å². The number of carbonyl (C=O) groups excluding carboxylic acids is 1. The largest absolute Gasteiger partial charge is 0.416 e. The highest BCUT2D eigenvalue weighted by atomic mass is 32.1. The van der Waals surface area contributed by atoms with Crippen molar-refractivity contribution in [2.75, 3.05) is 24.3 Å². The smallest absolute Gasteiger partial charge is 0.376 e. The fourth-order valence-electron chi connectivity index (χ4n) is 3.08. The van der Waals surface area contributed by atoms with Crippen LogP contribution in [0.4, 0.5) is 24.5 Å². The van der Waals surface area contributed by atoms with Crippen LogP contribution in [0.3, 0.4) is 0 Å². The minimum absolute atomic E-state index is 0.0225. The number of rotatable bonds is 4. The van der Waals surface area contributed by atoms with Crippen molar-refractivity contribution in [2.45, 2.75) is 19.6 Å². The van der Waals surface area contributed by atoms with E-state index in [-0.39, 0.29) is 21.6 Å². The van der Waals surface area contributed by atoms with Crippen molar-refractivity contribution in [3.05, 3.63) is 62.6 Å². The Morgan fingerprint density at radius 2 is 1.90 bits per heavy atom. The first-order valence-electron chi connectivity index (χ1n) is 8.99. The molecular weight excluding hydrogens is 417 g/mol. The summed E-state index contributed by atoms with van der Waals surface area (Å²) in [5.41, 5.74) is -0.165. The number of alkyl halides is 3. The topological polar surface area (TPSA) is 70.1 Å². The maximum Gasteiger partial charge on any atom is 0.416 e. The third-order valence-electron chi connectivity index (χ3n) is 4.61. The molecule has 1 heterocycles. The first kappa shape index (κ1) is 21.6. The quantitative estimate of drug-likeness (QED) is 0.595. The van der Waals surface area contributed by atoms with Crippen LogP contribution >= 0.6 is 12.2 Å². The molecule has 10 heteroatoms. The van der Waals surface area contributed by atoms with Crippen LogP contribution in [0.5, 0.6) is 0 Å². The van der Waals surface area contributed by atoms with Crippen molar-refractivity contribution in [3.63, 3.8) is 0 Å². The summed E-state index contributed by atoms with van der Waals surface area (Å²) in [4.78, 5) is 29.7. The minimum Gasteiger partial charge on any atom is -0.376 e. The summed E-state index contributed by atoms with van der Waals surface area (Å²) < 4.78 is 40.9. The summed E-state index contributed by atoms with van der Waals surface area (Å²) in [5.74, 6) is -0.613. The molecule has 0 spiro atoms. The van der Waals surface area contributed by atoms with Gasteiger partial charge in [-0.3, -0.25) is 14.2 Å². The molecule has 1 aromatic heterocycles. The lowest BCUT2D eigenvalue weighted by molar-refractivity contribution is -0.137. The maximum absolute atomic E-state index is 13.1. The number of nitrogens with zero attached hydrogens (tertiary/aromatic N) is 2. The predicted molar refractivity (Wildman–Crippen MR) is 113 cm³/mol. The Morgan fingerprint density at radius 1 is 1.20 bits per heavy atom. The third kappa shape index (κ3) is 4.09. The first-order valence-corrected chi connectivity index (χ1v) is 9.40. The molecule has 0 aliphatic heterocycles. The van der Waals surface area contributed by atoms with Gasteiger partial charge in [0.2, 0.25) is 0 Å². The molecule has 0 atom stereocenters. The summed E-state index contributed by atoms with van der Waals surface area (Å²) in [5, 5.41) is 2.89. The Hall–Kier alpha value is -3.14. The zero-order chi connectivity index (χ0) is 22.2. The molecule has 3 aromatic rings. The lowest BCUT2D eigenvalue weighted by Crippen LogP contribution is -2.22. The molecule has 0 bridgehead atoms. The Morgan fingerprint density at radius 3 is 2.50 bits per heavy atom. The molecule has 6 nitrogen and oxygen atoms in total. The van der Waals surface area contributed by atoms with Gasteiger partial charge < -0.3 is 15.2 Å². The number of halogens is 3. The molecular formula is C20H19F3N4O2S. The number of anilines is 2. The van der Waals surface area contributed by atoms with Crippen LogP contribution in [0.25, 0.3) is 10.9 Å². The van der Waals surface area contributed by atoms with Gasteiger partial charge in [-0.1, -0.05) is 0 Å². The number of hydrogen-bond donors (Lipinski definition) is 2. The Labute approximate surface area is 174 Å². The first-order chi connectivity index (χ1) is 14.0. The molecule has 2 aromatic carbocycles. The second-order valence-electron chi connectivity index (χ2n) is 6.82. The number of benzene rings is 2. The normalized spacial score (nSPS) is 11.5. The van der Waals surface area contributed by atoms with Gasteiger partial charge in [0, 0.05) is 26.2 Å². The molecule has 0 aliphatic carbocycles. The summed E-state index contributed by atoms with van der Waals surface area (Å²) in [6, 6.07) is 7.53. The highest BCUT2D eigenvalue weighted by molar-refractivity contribution is 7.71. The van der Waals surface area contributed by atoms with Crippen molar-refractivity contribution in [1.29, 1.82) is 0 Å². The van der Waals surface area contributed by atoms with E-state index in [0.29, 0.717) is 23.1 Å². The minimum atomic E-state index is -4.54. The maximum atomic E-state index is 13.1. The van der Waals surface area contributed by atoms with E-state index in [1.54, 1.807) is 25.9 Å². The Kier molecular flexibility index (Phi) is 5.71. The fourth-order valence-corrected chi connectivity index (χ4v) is 3.40. The van der Waals surface area contributed by atoms with E-state index in [1.165, 1.54) is 28.8 Å². The molecule has 0 saturated heterocycles. The second-order valence-corrected chi connectivity index (χ2v) is 7.20. The third-order valence-corrected chi connectivity index (χ3v) is 4.94. The summed E-state index contributed by atoms with van der Waals surface area (Å²) in [6.07, 6.45) is -4.54. The molecule has 0 fully saturated rings. The lowest BCUT2D eigenvalue weighted by atomic mass is 10.1. The van der Waals surface area contributed by atoms with E-state index in [9.17, 15) is 22.8 Å². The van der Waals surface area contributed by atoms with Gasteiger partial charge in [-0.25, -0.2) is 0 Å². The number of aromatic amines is 1. The molecule has 1 amide bonds. The van der Waals surface area contributed by atoms with E-state index < -0.39 is 17.6 Å². The number of fused-ring (bicyclic) bond motifs is 1. The van der Waals surface area contributed by atoms with E-state index in [0.717, 1.165) is 12.1 Å². The van der Waals surface area contributed by atoms with Crippen LogP contribution in [0.1, 0.15) is 22.8 Å². The summed E-state index contributed by atoms with van der Waals surface area (Å²) in [6.45, 7) is 2.19. The zero-order valence-electron chi connectivity index (χ0n) is 16.4. The average Bonchev–Trinajstić information content (AvgIpc) is 2.66. The zero-order valence-corrected chi connectivity index (χ0v) is 17.2. The molecule has 3 rings (SSSR count). The van der Waals surface area contributed by atoms with E-state index >= 15 is 0 Å². The number of H-pyrrole nitrogens is 1. The monoisotopic (exact) mass is 436 g/mol. The average molecular weight is 436 g/mol. The SMILES string of the molecule is CCn1c(=S)[nH]c2cc(C(=O)Nc3cc(C(F)(F)F)ccc3N(C)C)ccc2c1=O. The van der Waals surface area contributed by atoms with Gasteiger partial charge in [-0.05, 0) is 55.5 Å². The van der Waals surface area contributed by atoms with Crippen LogP contribution in [0.15, 0.2) is 41.2 Å². The Bertz CT molecular complexity index is 1250. The second kappa shape index (κ2) is 7.94. The van der Waals surface area contributed by atoms with Crippen molar-refractivity contribution < 1.29 is 18.0 Å². The van der Waals surface area contributed by atoms with Gasteiger partial charge in [-0.15, -0.1) is 0 Å². The summed E-state index contributed by atoms with van der Waals surface area (Å²) >= 11 is 5.17. The number of nitrogens with one attached hydrogen (secondary N) is 2. The van der Waals surface area contributed by atoms with Gasteiger partial charge in [0.25, 0.3) is 11.5 Å². The van der Waals surface area contributed by atoms with E-state index in [1.807, 2.05) is 0 Å². The fraction of sp³-hybridized carbons (Fsp3) is 0.250.